The third-order valence-electron chi connectivity index (χ3n) is 4.79. The van der Waals surface area contributed by atoms with Crippen molar-refractivity contribution in [3.05, 3.63) is 51.0 Å². The van der Waals surface area contributed by atoms with Crippen LogP contribution < -0.4 is 10.6 Å². The molecule has 2 N–H and O–H groups in total. The molecule has 0 spiro atoms. The van der Waals surface area contributed by atoms with E-state index in [9.17, 15) is 0 Å². The number of hydrogen-bond donors (Lipinski definition) is 2. The molecule has 0 amide bonds. The minimum absolute atomic E-state index is 0. The molecule has 27 heavy (non-hydrogen) atoms. The maximum absolute atomic E-state index is 4.56. The number of guanidine groups is 1. The molecule has 3 rings (SSSR count). The Labute approximate surface area is 183 Å². The summed E-state index contributed by atoms with van der Waals surface area (Å²) >= 11 is 1.74. The van der Waals surface area contributed by atoms with Crippen molar-refractivity contribution in [1.82, 2.24) is 20.5 Å². The lowest BCUT2D eigenvalue weighted by Gasteiger charge is -2.15. The van der Waals surface area contributed by atoms with E-state index in [0.717, 1.165) is 29.8 Å². The Morgan fingerprint density at radius 2 is 1.70 bits per heavy atom. The predicted molar refractivity (Wildman–Crippen MR) is 125 cm³/mol. The molecule has 1 aliphatic heterocycles. The van der Waals surface area contributed by atoms with Gasteiger partial charge in [-0.3, -0.25) is 9.89 Å². The van der Waals surface area contributed by atoms with Gasteiger partial charge >= 0.3 is 0 Å². The molecule has 148 valence electrons. The van der Waals surface area contributed by atoms with Crippen LogP contribution in [0.4, 0.5) is 0 Å². The molecule has 2 heterocycles. The third kappa shape index (κ3) is 6.73. The van der Waals surface area contributed by atoms with Crippen LogP contribution in [-0.2, 0) is 19.6 Å². The molecule has 1 aliphatic rings. The average Bonchev–Trinajstić information content (AvgIpc) is 3.26. The number of aromatic nitrogens is 1. The normalized spacial score (nSPS) is 14.9. The van der Waals surface area contributed by atoms with Gasteiger partial charge in [-0.2, -0.15) is 0 Å². The van der Waals surface area contributed by atoms with E-state index in [-0.39, 0.29) is 24.0 Å². The summed E-state index contributed by atoms with van der Waals surface area (Å²) < 4.78 is 0. The number of hydrogen-bond acceptors (Lipinski definition) is 4. The molecule has 5 nitrogen and oxygen atoms in total. The molecule has 7 heteroatoms. The SMILES string of the molecule is CN=C(NCc1ccc(CN2CCCC2)cc1)NCc1nc(C)c(C)s1.I. The topological polar surface area (TPSA) is 52.6 Å². The van der Waals surface area contributed by atoms with Crippen molar-refractivity contribution >= 4 is 41.3 Å². The third-order valence-corrected chi connectivity index (χ3v) is 5.86. The van der Waals surface area contributed by atoms with Gasteiger partial charge in [-0.1, -0.05) is 24.3 Å². The Bertz CT molecular complexity index is 716. The molecular formula is C20H30IN5S. The van der Waals surface area contributed by atoms with Crippen LogP contribution in [0, 0.1) is 13.8 Å². The highest BCUT2D eigenvalue weighted by atomic mass is 127. The van der Waals surface area contributed by atoms with Gasteiger partial charge in [0.15, 0.2) is 5.96 Å². The van der Waals surface area contributed by atoms with Crippen molar-refractivity contribution in [3.63, 3.8) is 0 Å². The van der Waals surface area contributed by atoms with E-state index in [0.29, 0.717) is 6.54 Å². The van der Waals surface area contributed by atoms with Gasteiger partial charge in [0.2, 0.25) is 0 Å². The number of benzene rings is 1. The van der Waals surface area contributed by atoms with Crippen LogP contribution in [0.25, 0.3) is 0 Å². The summed E-state index contributed by atoms with van der Waals surface area (Å²) in [5.41, 5.74) is 3.77. The number of rotatable bonds is 6. The van der Waals surface area contributed by atoms with Crippen LogP contribution in [0.5, 0.6) is 0 Å². The van der Waals surface area contributed by atoms with Gasteiger partial charge in [0.05, 0.1) is 12.2 Å². The second-order valence-electron chi connectivity index (χ2n) is 6.83. The van der Waals surface area contributed by atoms with Crippen LogP contribution in [0.3, 0.4) is 0 Å². The van der Waals surface area contributed by atoms with Crippen LogP contribution in [0.15, 0.2) is 29.3 Å². The zero-order chi connectivity index (χ0) is 18.4. The van der Waals surface area contributed by atoms with Crippen molar-refractivity contribution < 1.29 is 0 Å². The minimum Gasteiger partial charge on any atom is -0.352 e. The second kappa shape index (κ2) is 11.0. The summed E-state index contributed by atoms with van der Waals surface area (Å²) in [7, 11) is 1.80. The average molecular weight is 499 g/mol. The Kier molecular flexibility index (Phi) is 8.98. The first-order chi connectivity index (χ1) is 12.6. The Balaban J connectivity index is 0.00000261. The van der Waals surface area contributed by atoms with E-state index >= 15 is 0 Å². The van der Waals surface area contributed by atoms with E-state index in [2.05, 4.69) is 63.6 Å². The first kappa shape index (κ1) is 22.1. The smallest absolute Gasteiger partial charge is 0.191 e. The summed E-state index contributed by atoms with van der Waals surface area (Å²) in [5, 5.41) is 7.80. The molecular weight excluding hydrogens is 469 g/mol. The molecule has 0 bridgehead atoms. The largest absolute Gasteiger partial charge is 0.352 e. The number of nitrogens with zero attached hydrogens (tertiary/aromatic N) is 3. The van der Waals surface area contributed by atoms with E-state index in [1.165, 1.54) is 41.9 Å². The molecule has 1 fully saturated rings. The van der Waals surface area contributed by atoms with Crippen molar-refractivity contribution in [3.8, 4) is 0 Å². The van der Waals surface area contributed by atoms with Crippen molar-refractivity contribution in [2.45, 2.75) is 46.3 Å². The Morgan fingerprint density at radius 1 is 1.07 bits per heavy atom. The van der Waals surface area contributed by atoms with Gasteiger partial charge < -0.3 is 10.6 Å². The lowest BCUT2D eigenvalue weighted by atomic mass is 10.1. The van der Waals surface area contributed by atoms with Crippen molar-refractivity contribution in [2.75, 3.05) is 20.1 Å². The number of likely N-dealkylation sites (tertiary alicyclic amines) is 1. The summed E-state index contributed by atoms with van der Waals surface area (Å²) in [6, 6.07) is 8.90. The summed E-state index contributed by atoms with van der Waals surface area (Å²) in [5.74, 6) is 0.802. The number of nitrogens with one attached hydrogen (secondary N) is 2. The maximum Gasteiger partial charge on any atom is 0.191 e. The molecule has 2 aromatic rings. The summed E-state index contributed by atoms with van der Waals surface area (Å²) in [4.78, 5) is 12.7. The zero-order valence-electron chi connectivity index (χ0n) is 16.4. The second-order valence-corrected chi connectivity index (χ2v) is 8.12. The highest BCUT2D eigenvalue weighted by Crippen LogP contribution is 2.16. The molecule has 0 unspecified atom stereocenters. The Hall–Kier alpha value is -1.19. The number of aliphatic imine (C=N–C) groups is 1. The molecule has 0 radical (unpaired) electrons. The molecule has 0 saturated carbocycles. The highest BCUT2D eigenvalue weighted by Gasteiger charge is 2.11. The predicted octanol–water partition coefficient (Wildman–Crippen LogP) is 3.84. The van der Waals surface area contributed by atoms with Crippen molar-refractivity contribution in [1.29, 1.82) is 0 Å². The van der Waals surface area contributed by atoms with Gasteiger partial charge in [-0.05, 0) is 50.9 Å². The summed E-state index contributed by atoms with van der Waals surface area (Å²) in [6.07, 6.45) is 2.68. The van der Waals surface area contributed by atoms with Gasteiger partial charge in [-0.25, -0.2) is 4.98 Å². The highest BCUT2D eigenvalue weighted by molar-refractivity contribution is 14.0. The number of halogens is 1. The van der Waals surface area contributed by atoms with Crippen LogP contribution in [0.1, 0.15) is 39.5 Å². The van der Waals surface area contributed by atoms with Gasteiger partial charge in [0, 0.05) is 25.0 Å². The standard InChI is InChI=1S/C20H29N5S.HI/c1-15-16(2)26-19(24-15)13-23-20(21-3)22-12-17-6-8-18(9-7-17)14-25-10-4-5-11-25;/h6-9H,4-5,10-14H2,1-3H3,(H2,21,22,23);1H. The van der Waals surface area contributed by atoms with E-state index in [1.54, 1.807) is 18.4 Å². The fourth-order valence-electron chi connectivity index (χ4n) is 3.14. The molecule has 0 aliphatic carbocycles. The van der Waals surface area contributed by atoms with Gasteiger partial charge in [0.25, 0.3) is 0 Å². The molecule has 1 aromatic heterocycles. The maximum atomic E-state index is 4.56. The fraction of sp³-hybridized carbons (Fsp3) is 0.500. The van der Waals surface area contributed by atoms with Crippen LogP contribution in [-0.4, -0.2) is 36.0 Å². The van der Waals surface area contributed by atoms with E-state index < -0.39 is 0 Å². The molecule has 1 saturated heterocycles. The van der Waals surface area contributed by atoms with Gasteiger partial charge in [-0.15, -0.1) is 35.3 Å². The van der Waals surface area contributed by atoms with E-state index in [1.807, 2.05) is 0 Å². The zero-order valence-corrected chi connectivity index (χ0v) is 19.6. The molecule has 0 atom stereocenters. The van der Waals surface area contributed by atoms with Crippen LogP contribution in [0.2, 0.25) is 0 Å². The fourth-order valence-corrected chi connectivity index (χ4v) is 4.02. The van der Waals surface area contributed by atoms with Crippen molar-refractivity contribution in [2.24, 2.45) is 4.99 Å². The summed E-state index contributed by atoms with van der Waals surface area (Å²) in [6.45, 7) is 9.18. The molecule has 1 aromatic carbocycles. The number of thiazole rings is 1. The lowest BCUT2D eigenvalue weighted by Crippen LogP contribution is -2.36. The lowest BCUT2D eigenvalue weighted by molar-refractivity contribution is 0.331. The quantitative estimate of drug-likeness (QED) is 0.361. The van der Waals surface area contributed by atoms with Gasteiger partial charge in [0.1, 0.15) is 5.01 Å². The monoisotopic (exact) mass is 499 g/mol. The first-order valence-corrected chi connectivity index (χ1v) is 10.1. The van der Waals surface area contributed by atoms with E-state index in [4.69, 9.17) is 0 Å². The minimum atomic E-state index is 0. The Morgan fingerprint density at radius 3 is 2.30 bits per heavy atom. The van der Waals surface area contributed by atoms with Crippen LogP contribution >= 0.6 is 35.3 Å². The number of aryl methyl sites for hydroxylation is 2. The first-order valence-electron chi connectivity index (χ1n) is 9.31.